The minimum atomic E-state index is -0.00520. The fourth-order valence-electron chi connectivity index (χ4n) is 2.36. The summed E-state index contributed by atoms with van der Waals surface area (Å²) in [6, 6.07) is 12.1. The van der Waals surface area contributed by atoms with E-state index in [1.54, 1.807) is 0 Å². The van der Waals surface area contributed by atoms with E-state index >= 15 is 0 Å². The molecule has 0 fully saturated rings. The summed E-state index contributed by atoms with van der Waals surface area (Å²) in [4.78, 5) is 3.25. The van der Waals surface area contributed by atoms with Crippen LogP contribution in [-0.2, 0) is 5.41 Å². The van der Waals surface area contributed by atoms with E-state index in [9.17, 15) is 0 Å². The number of benzene rings is 1. The van der Waals surface area contributed by atoms with Gasteiger partial charge in [-0.2, -0.15) is 10.2 Å². The Bertz CT molecular complexity index is 838. The largest absolute Gasteiger partial charge is 0.360 e. The topological polar surface area (TPSA) is 66.0 Å². The van der Waals surface area contributed by atoms with Crippen molar-refractivity contribution >= 4 is 22.4 Å². The van der Waals surface area contributed by atoms with Gasteiger partial charge in [0.15, 0.2) is 5.82 Å². The van der Waals surface area contributed by atoms with E-state index in [2.05, 4.69) is 58.6 Å². The number of hydrogen-bond acceptors (Lipinski definition) is 4. The molecule has 0 spiro atoms. The summed E-state index contributed by atoms with van der Waals surface area (Å²) in [5, 5.41) is 14.0. The van der Waals surface area contributed by atoms with Crippen molar-refractivity contribution in [2.24, 2.45) is 5.10 Å². The van der Waals surface area contributed by atoms with Crippen LogP contribution in [0.4, 0.5) is 5.82 Å². The van der Waals surface area contributed by atoms with E-state index in [0.717, 1.165) is 27.9 Å². The molecule has 2 aromatic heterocycles. The second kappa shape index (κ2) is 5.83. The molecule has 0 aliphatic heterocycles. The summed E-state index contributed by atoms with van der Waals surface area (Å²) in [7, 11) is 0. The number of aromatic nitrogens is 3. The molecule has 0 saturated carbocycles. The highest BCUT2D eigenvalue weighted by atomic mass is 15.3. The van der Waals surface area contributed by atoms with E-state index in [-0.39, 0.29) is 5.41 Å². The molecule has 0 saturated heterocycles. The minimum Gasteiger partial charge on any atom is -0.360 e. The highest BCUT2D eigenvalue weighted by Gasteiger charge is 2.15. The van der Waals surface area contributed by atoms with Crippen LogP contribution >= 0.6 is 0 Å². The van der Waals surface area contributed by atoms with Crippen molar-refractivity contribution in [3.8, 4) is 0 Å². The predicted octanol–water partition coefficient (Wildman–Crippen LogP) is 4.09. The van der Waals surface area contributed by atoms with Crippen molar-refractivity contribution in [1.29, 1.82) is 0 Å². The second-order valence-electron chi connectivity index (χ2n) is 6.61. The summed E-state index contributed by atoms with van der Waals surface area (Å²) >= 11 is 0. The van der Waals surface area contributed by atoms with Gasteiger partial charge < -0.3 is 4.98 Å². The molecule has 3 aromatic rings. The number of aromatic amines is 1. The van der Waals surface area contributed by atoms with Crippen molar-refractivity contribution < 1.29 is 0 Å². The predicted molar refractivity (Wildman–Crippen MR) is 94.9 cm³/mol. The van der Waals surface area contributed by atoms with Gasteiger partial charge >= 0.3 is 0 Å². The highest BCUT2D eigenvalue weighted by molar-refractivity contribution is 6.09. The molecule has 2 N–H and O–H groups in total. The van der Waals surface area contributed by atoms with Gasteiger partial charge in [0.2, 0.25) is 0 Å². The Labute approximate surface area is 135 Å². The molecule has 0 radical (unpaired) electrons. The molecule has 2 heterocycles. The summed E-state index contributed by atoms with van der Waals surface area (Å²) in [5.74, 6) is 0.636. The van der Waals surface area contributed by atoms with Crippen molar-refractivity contribution in [1.82, 2.24) is 15.2 Å². The lowest BCUT2D eigenvalue weighted by molar-refractivity contribution is 0.559. The SMILES string of the molecule is CC(=NNc1ccc(C(C)(C)C)nn1)c1c[nH]c2ccccc12. The number of fused-ring (bicyclic) bond motifs is 1. The third kappa shape index (κ3) is 3.23. The molecule has 0 unspecified atom stereocenters. The van der Waals surface area contributed by atoms with Gasteiger partial charge in [0, 0.05) is 28.1 Å². The molecule has 23 heavy (non-hydrogen) atoms. The average molecular weight is 307 g/mol. The first kappa shape index (κ1) is 15.2. The van der Waals surface area contributed by atoms with E-state index in [0.29, 0.717) is 5.82 Å². The molecule has 5 nitrogen and oxygen atoms in total. The Kier molecular flexibility index (Phi) is 3.86. The van der Waals surface area contributed by atoms with E-state index in [4.69, 9.17) is 0 Å². The Morgan fingerprint density at radius 1 is 1.09 bits per heavy atom. The Morgan fingerprint density at radius 2 is 1.87 bits per heavy atom. The van der Waals surface area contributed by atoms with Crippen LogP contribution in [0.5, 0.6) is 0 Å². The van der Waals surface area contributed by atoms with Crippen molar-refractivity contribution in [3.05, 3.63) is 53.9 Å². The van der Waals surface area contributed by atoms with Gasteiger partial charge in [-0.3, -0.25) is 5.43 Å². The van der Waals surface area contributed by atoms with Crippen LogP contribution < -0.4 is 5.43 Å². The highest BCUT2D eigenvalue weighted by Crippen LogP contribution is 2.20. The number of hydrazone groups is 1. The average Bonchev–Trinajstić information content (AvgIpc) is 2.96. The lowest BCUT2D eigenvalue weighted by atomic mass is 9.92. The molecule has 0 atom stereocenters. The fourth-order valence-corrected chi connectivity index (χ4v) is 2.36. The summed E-state index contributed by atoms with van der Waals surface area (Å²) in [6.45, 7) is 8.32. The molecule has 3 rings (SSSR count). The normalized spacial score (nSPS) is 12.6. The number of rotatable bonds is 3. The van der Waals surface area contributed by atoms with E-state index in [1.165, 1.54) is 0 Å². The van der Waals surface area contributed by atoms with Gasteiger partial charge in [-0.25, -0.2) is 0 Å². The molecule has 0 bridgehead atoms. The number of para-hydroxylation sites is 1. The first-order valence-electron chi connectivity index (χ1n) is 7.66. The number of nitrogens with one attached hydrogen (secondary N) is 2. The van der Waals surface area contributed by atoms with Crippen molar-refractivity contribution in [3.63, 3.8) is 0 Å². The van der Waals surface area contributed by atoms with Crippen LogP contribution in [0.1, 0.15) is 39.0 Å². The van der Waals surface area contributed by atoms with E-state index in [1.807, 2.05) is 37.4 Å². The number of H-pyrrole nitrogens is 1. The monoisotopic (exact) mass is 307 g/mol. The zero-order valence-electron chi connectivity index (χ0n) is 13.9. The van der Waals surface area contributed by atoms with Gasteiger partial charge in [-0.15, -0.1) is 5.10 Å². The lowest BCUT2D eigenvalue weighted by Gasteiger charge is -2.16. The third-order valence-electron chi connectivity index (χ3n) is 3.75. The quantitative estimate of drug-likeness (QED) is 0.565. The van der Waals surface area contributed by atoms with Gasteiger partial charge in [0.1, 0.15) is 0 Å². The van der Waals surface area contributed by atoms with Crippen LogP contribution in [0.2, 0.25) is 0 Å². The molecule has 0 aliphatic rings. The molecule has 0 aliphatic carbocycles. The summed E-state index contributed by atoms with van der Waals surface area (Å²) < 4.78 is 0. The number of hydrogen-bond donors (Lipinski definition) is 2. The molecule has 118 valence electrons. The molecule has 5 heteroatoms. The zero-order valence-corrected chi connectivity index (χ0v) is 13.9. The smallest absolute Gasteiger partial charge is 0.168 e. The fraction of sp³-hybridized carbons (Fsp3) is 0.278. The first-order chi connectivity index (χ1) is 10.9. The molecule has 1 aromatic carbocycles. The Hall–Kier alpha value is -2.69. The minimum absolute atomic E-state index is 0.00520. The van der Waals surface area contributed by atoms with Crippen LogP contribution in [0.25, 0.3) is 10.9 Å². The van der Waals surface area contributed by atoms with Gasteiger partial charge in [-0.05, 0) is 25.1 Å². The van der Waals surface area contributed by atoms with E-state index < -0.39 is 0 Å². The lowest BCUT2D eigenvalue weighted by Crippen LogP contribution is -2.14. The summed E-state index contributed by atoms with van der Waals surface area (Å²) in [5.41, 5.74) is 7.00. The van der Waals surface area contributed by atoms with Crippen LogP contribution in [-0.4, -0.2) is 20.9 Å². The van der Waals surface area contributed by atoms with Crippen molar-refractivity contribution in [2.45, 2.75) is 33.1 Å². The van der Waals surface area contributed by atoms with Crippen LogP contribution in [0, 0.1) is 0 Å². The Balaban J connectivity index is 1.79. The maximum Gasteiger partial charge on any atom is 0.168 e. The van der Waals surface area contributed by atoms with Gasteiger partial charge in [-0.1, -0.05) is 39.0 Å². The zero-order chi connectivity index (χ0) is 16.4. The maximum absolute atomic E-state index is 4.42. The standard InChI is InChI=1S/C18H21N5/c1-12(14-11-19-15-8-6-5-7-13(14)15)20-22-17-10-9-16(21-23-17)18(2,3)4/h5-11,19H,1-4H3,(H,22,23). The molecule has 0 amide bonds. The van der Waals surface area contributed by atoms with Crippen LogP contribution in [0.15, 0.2) is 47.7 Å². The summed E-state index contributed by atoms with van der Waals surface area (Å²) in [6.07, 6.45) is 1.97. The van der Waals surface area contributed by atoms with Crippen molar-refractivity contribution in [2.75, 3.05) is 5.43 Å². The number of nitrogens with zero attached hydrogens (tertiary/aromatic N) is 3. The van der Waals surface area contributed by atoms with Gasteiger partial charge in [0.05, 0.1) is 11.4 Å². The third-order valence-corrected chi connectivity index (χ3v) is 3.75. The number of anilines is 1. The Morgan fingerprint density at radius 3 is 2.57 bits per heavy atom. The first-order valence-corrected chi connectivity index (χ1v) is 7.66. The van der Waals surface area contributed by atoms with Crippen LogP contribution in [0.3, 0.4) is 0 Å². The molecular weight excluding hydrogens is 286 g/mol. The second-order valence-corrected chi connectivity index (χ2v) is 6.61. The van der Waals surface area contributed by atoms with Gasteiger partial charge in [0.25, 0.3) is 0 Å². The maximum atomic E-state index is 4.42. The molecular formula is C18H21N5.